The first kappa shape index (κ1) is 10.4. The highest BCUT2D eigenvalue weighted by atomic mass is 16.1. The topological polar surface area (TPSA) is 60.9 Å². The third kappa shape index (κ3) is 1.69. The van der Waals surface area contributed by atoms with Gasteiger partial charge in [0.2, 0.25) is 5.78 Å². The molecule has 0 aliphatic heterocycles. The van der Waals surface area contributed by atoms with Gasteiger partial charge < -0.3 is 5.73 Å². The molecule has 1 saturated carbocycles. The summed E-state index contributed by atoms with van der Waals surface area (Å²) in [7, 11) is 0. The minimum atomic E-state index is -0.632. The molecule has 0 atom stereocenters. The Morgan fingerprint density at radius 2 is 2.27 bits per heavy atom. The molecule has 0 amide bonds. The summed E-state index contributed by atoms with van der Waals surface area (Å²) in [6, 6.07) is 1.76. The number of carbonyl (C=O) groups excluding carboxylic acids is 1. The Labute approximate surface area is 89.5 Å². The zero-order valence-electron chi connectivity index (χ0n) is 9.07. The van der Waals surface area contributed by atoms with E-state index in [4.69, 9.17) is 5.73 Å². The number of Topliss-reactive ketones (excluding diaryl/α,β-unsaturated/α-hetero) is 1. The molecule has 2 rings (SSSR count). The van der Waals surface area contributed by atoms with Crippen molar-refractivity contribution in [1.82, 2.24) is 9.78 Å². The lowest BCUT2D eigenvalue weighted by atomic mass is 9.91. The molecule has 2 N–H and O–H groups in total. The number of hydrogen-bond acceptors (Lipinski definition) is 3. The number of hydrogen-bond donors (Lipinski definition) is 1. The zero-order valence-corrected chi connectivity index (χ0v) is 9.07. The van der Waals surface area contributed by atoms with Crippen molar-refractivity contribution >= 4 is 5.78 Å². The highest BCUT2D eigenvalue weighted by molar-refractivity contribution is 6.01. The number of aryl methyl sites for hydroxylation is 1. The molecule has 0 saturated heterocycles. The number of nitrogens with two attached hydrogens (primary N) is 1. The van der Waals surface area contributed by atoms with Gasteiger partial charge in [0.05, 0.1) is 5.54 Å². The maximum Gasteiger partial charge on any atom is 0.200 e. The van der Waals surface area contributed by atoms with Crippen molar-refractivity contribution in [1.29, 1.82) is 0 Å². The lowest BCUT2D eigenvalue weighted by molar-refractivity contribution is 0.0881. The Kier molecular flexibility index (Phi) is 2.61. The van der Waals surface area contributed by atoms with Gasteiger partial charge in [-0.3, -0.25) is 9.48 Å². The van der Waals surface area contributed by atoms with Crippen LogP contribution in [0.1, 0.15) is 43.1 Å². The van der Waals surface area contributed by atoms with E-state index in [9.17, 15) is 4.79 Å². The van der Waals surface area contributed by atoms with Gasteiger partial charge in [-0.25, -0.2) is 0 Å². The van der Waals surface area contributed by atoms with E-state index < -0.39 is 5.54 Å². The van der Waals surface area contributed by atoms with Crippen LogP contribution in [-0.2, 0) is 6.54 Å². The number of ketones is 1. The molecule has 1 aliphatic carbocycles. The monoisotopic (exact) mass is 207 g/mol. The van der Waals surface area contributed by atoms with Gasteiger partial charge in [-0.1, -0.05) is 12.8 Å². The first-order valence-electron chi connectivity index (χ1n) is 5.53. The molecule has 0 bridgehead atoms. The van der Waals surface area contributed by atoms with E-state index in [-0.39, 0.29) is 5.78 Å². The Bertz CT molecular complexity index is 364. The molecule has 1 heterocycles. The van der Waals surface area contributed by atoms with Crippen LogP contribution in [0.4, 0.5) is 0 Å². The maximum absolute atomic E-state index is 12.2. The molecule has 0 unspecified atom stereocenters. The SMILES string of the molecule is CCn1nccc1C(=O)C1(N)CCCC1. The smallest absolute Gasteiger partial charge is 0.200 e. The molecule has 1 aliphatic rings. The molecule has 82 valence electrons. The zero-order chi connectivity index (χ0) is 10.9. The van der Waals surface area contributed by atoms with Crippen molar-refractivity contribution in [3.8, 4) is 0 Å². The molecule has 4 nitrogen and oxygen atoms in total. The lowest BCUT2D eigenvalue weighted by Crippen LogP contribution is -2.46. The normalized spacial score (nSPS) is 19.3. The van der Waals surface area contributed by atoms with E-state index in [2.05, 4.69) is 5.10 Å². The molecule has 0 radical (unpaired) electrons. The van der Waals surface area contributed by atoms with Gasteiger partial charge in [-0.05, 0) is 25.8 Å². The average molecular weight is 207 g/mol. The standard InChI is InChI=1S/C11H17N3O/c1-2-14-9(5-8-13-14)10(15)11(12)6-3-4-7-11/h5,8H,2-4,6-7,12H2,1H3. The minimum absolute atomic E-state index is 0.0550. The first-order chi connectivity index (χ1) is 7.17. The second-order valence-corrected chi connectivity index (χ2v) is 4.22. The predicted molar refractivity (Wildman–Crippen MR) is 57.6 cm³/mol. The molecular weight excluding hydrogens is 190 g/mol. The highest BCUT2D eigenvalue weighted by Gasteiger charge is 2.38. The van der Waals surface area contributed by atoms with Gasteiger partial charge in [0.25, 0.3) is 0 Å². The van der Waals surface area contributed by atoms with Crippen LogP contribution < -0.4 is 5.73 Å². The summed E-state index contributed by atoms with van der Waals surface area (Å²) < 4.78 is 1.72. The summed E-state index contributed by atoms with van der Waals surface area (Å²) in [5.41, 5.74) is 6.15. The Morgan fingerprint density at radius 3 is 2.87 bits per heavy atom. The van der Waals surface area contributed by atoms with Crippen molar-refractivity contribution in [2.45, 2.75) is 44.7 Å². The van der Waals surface area contributed by atoms with Gasteiger partial charge in [0, 0.05) is 12.7 Å². The third-order valence-electron chi connectivity index (χ3n) is 3.20. The highest BCUT2D eigenvalue weighted by Crippen LogP contribution is 2.30. The van der Waals surface area contributed by atoms with Gasteiger partial charge in [0.1, 0.15) is 5.69 Å². The average Bonchev–Trinajstić information content (AvgIpc) is 2.85. The van der Waals surface area contributed by atoms with Crippen molar-refractivity contribution < 1.29 is 4.79 Å². The van der Waals surface area contributed by atoms with Crippen LogP contribution in [0.2, 0.25) is 0 Å². The third-order valence-corrected chi connectivity index (χ3v) is 3.20. The summed E-state index contributed by atoms with van der Waals surface area (Å²) in [5, 5.41) is 4.10. The van der Waals surface area contributed by atoms with E-state index in [0.717, 1.165) is 25.7 Å². The number of aromatic nitrogens is 2. The first-order valence-corrected chi connectivity index (χ1v) is 5.53. The Morgan fingerprint density at radius 1 is 1.60 bits per heavy atom. The van der Waals surface area contributed by atoms with Crippen molar-refractivity contribution in [2.75, 3.05) is 0 Å². The van der Waals surface area contributed by atoms with Crippen LogP contribution in [0, 0.1) is 0 Å². The largest absolute Gasteiger partial charge is 0.319 e. The molecule has 1 aromatic heterocycles. The Balaban J connectivity index is 2.27. The minimum Gasteiger partial charge on any atom is -0.319 e. The molecule has 4 heteroatoms. The molecule has 1 fully saturated rings. The van der Waals surface area contributed by atoms with Crippen molar-refractivity contribution in [3.63, 3.8) is 0 Å². The van der Waals surface area contributed by atoms with Gasteiger partial charge >= 0.3 is 0 Å². The summed E-state index contributed by atoms with van der Waals surface area (Å²) >= 11 is 0. The summed E-state index contributed by atoms with van der Waals surface area (Å²) in [4.78, 5) is 12.2. The summed E-state index contributed by atoms with van der Waals surface area (Å²) in [6.45, 7) is 2.69. The Hall–Kier alpha value is -1.16. The summed E-state index contributed by atoms with van der Waals surface area (Å²) in [6.07, 6.45) is 5.39. The second-order valence-electron chi connectivity index (χ2n) is 4.22. The molecule has 15 heavy (non-hydrogen) atoms. The fourth-order valence-corrected chi connectivity index (χ4v) is 2.27. The van der Waals surface area contributed by atoms with Crippen LogP contribution in [0.15, 0.2) is 12.3 Å². The molecule has 0 spiro atoms. The lowest BCUT2D eigenvalue weighted by Gasteiger charge is -2.21. The number of carbonyl (C=O) groups is 1. The quantitative estimate of drug-likeness (QED) is 0.761. The fourth-order valence-electron chi connectivity index (χ4n) is 2.27. The van der Waals surface area contributed by atoms with Crippen molar-refractivity contribution in [2.24, 2.45) is 5.73 Å². The number of rotatable bonds is 3. The predicted octanol–water partition coefficient (Wildman–Crippen LogP) is 1.36. The molecule has 0 aromatic carbocycles. The van der Waals surface area contributed by atoms with Crippen molar-refractivity contribution in [3.05, 3.63) is 18.0 Å². The maximum atomic E-state index is 12.2. The molecular formula is C11H17N3O. The second kappa shape index (κ2) is 3.77. The van der Waals surface area contributed by atoms with E-state index in [1.807, 2.05) is 6.92 Å². The molecule has 1 aromatic rings. The fraction of sp³-hybridized carbons (Fsp3) is 0.636. The van der Waals surface area contributed by atoms with Crippen LogP contribution in [-0.4, -0.2) is 21.1 Å². The van der Waals surface area contributed by atoms with E-state index in [0.29, 0.717) is 12.2 Å². The van der Waals surface area contributed by atoms with E-state index in [1.54, 1.807) is 16.9 Å². The van der Waals surface area contributed by atoms with Crippen LogP contribution >= 0.6 is 0 Å². The van der Waals surface area contributed by atoms with Crippen LogP contribution in [0.25, 0.3) is 0 Å². The van der Waals surface area contributed by atoms with Crippen LogP contribution in [0.3, 0.4) is 0 Å². The van der Waals surface area contributed by atoms with E-state index in [1.165, 1.54) is 0 Å². The van der Waals surface area contributed by atoms with Gasteiger partial charge in [-0.15, -0.1) is 0 Å². The number of nitrogens with zero attached hydrogens (tertiary/aromatic N) is 2. The van der Waals surface area contributed by atoms with Gasteiger partial charge in [0.15, 0.2) is 0 Å². The van der Waals surface area contributed by atoms with Gasteiger partial charge in [-0.2, -0.15) is 5.10 Å². The summed E-state index contributed by atoms with van der Waals surface area (Å²) in [5.74, 6) is 0.0550. The van der Waals surface area contributed by atoms with E-state index >= 15 is 0 Å². The van der Waals surface area contributed by atoms with Crippen LogP contribution in [0.5, 0.6) is 0 Å².